The zero-order chi connectivity index (χ0) is 27.6. The molecule has 0 aromatic heterocycles. The van der Waals surface area contributed by atoms with Crippen molar-refractivity contribution in [1.29, 1.82) is 0 Å². The van der Waals surface area contributed by atoms with Gasteiger partial charge in [-0.25, -0.2) is 0 Å². The molecular weight excluding hydrogens is 528 g/mol. The Morgan fingerprint density at radius 1 is 0.775 bits per heavy atom. The highest BCUT2D eigenvalue weighted by atomic mass is 32.2. The average Bonchev–Trinajstić information content (AvgIpc) is 3.01. The second-order valence-corrected chi connectivity index (χ2v) is 11.2. The van der Waals surface area contributed by atoms with E-state index >= 15 is 0 Å². The van der Waals surface area contributed by atoms with Crippen molar-refractivity contribution in [3.8, 4) is 0 Å². The van der Waals surface area contributed by atoms with Crippen molar-refractivity contribution in [2.24, 2.45) is 0 Å². The van der Waals surface area contributed by atoms with Gasteiger partial charge in [-0.05, 0) is 16.7 Å². The Morgan fingerprint density at radius 2 is 1.27 bits per heavy atom. The standard InChI is InChI=1S/C31H36N2O6S/c34-33(35)28-30(38-22-26-14-8-3-9-15-26)29(37-21-25-12-6-2-7-13-25)27(23-36-20-24-10-4-1-5-11-24)39-31(28)32-16-18-40-19-17-32/h1-15,27-31H,16-23H2/t27-,28-,29+,30-,31-/m1/s1. The molecule has 212 valence electrons. The number of rotatable bonds is 12. The van der Waals surface area contributed by atoms with Crippen LogP contribution < -0.4 is 0 Å². The molecule has 2 saturated heterocycles. The third kappa shape index (κ3) is 7.69. The normalized spacial score (nSPS) is 25.4. The molecule has 0 spiro atoms. The van der Waals surface area contributed by atoms with E-state index in [2.05, 4.69) is 4.90 Å². The first kappa shape index (κ1) is 28.7. The Morgan fingerprint density at radius 3 is 1.80 bits per heavy atom. The zero-order valence-corrected chi connectivity index (χ0v) is 23.3. The Bertz CT molecular complexity index is 1170. The molecule has 8 nitrogen and oxygen atoms in total. The molecule has 0 N–H and O–H groups in total. The highest BCUT2D eigenvalue weighted by Gasteiger charge is 2.56. The lowest BCUT2D eigenvalue weighted by Gasteiger charge is -2.46. The number of nitrogens with zero attached hydrogens (tertiary/aromatic N) is 2. The van der Waals surface area contributed by atoms with Gasteiger partial charge < -0.3 is 18.9 Å². The number of benzene rings is 3. The van der Waals surface area contributed by atoms with E-state index in [0.29, 0.717) is 6.61 Å². The second kappa shape index (κ2) is 14.7. The van der Waals surface area contributed by atoms with Crippen molar-refractivity contribution in [2.75, 3.05) is 31.2 Å². The molecule has 0 unspecified atom stereocenters. The molecular formula is C31H36N2O6S. The fourth-order valence-electron chi connectivity index (χ4n) is 5.19. The second-order valence-electron chi connectivity index (χ2n) is 10.0. The van der Waals surface area contributed by atoms with Gasteiger partial charge in [-0.1, -0.05) is 91.0 Å². The summed E-state index contributed by atoms with van der Waals surface area (Å²) >= 11 is 1.85. The van der Waals surface area contributed by atoms with E-state index in [-0.39, 0.29) is 24.7 Å². The van der Waals surface area contributed by atoms with Crippen LogP contribution in [0.3, 0.4) is 0 Å². The summed E-state index contributed by atoms with van der Waals surface area (Å²) in [5.41, 5.74) is 2.96. The summed E-state index contributed by atoms with van der Waals surface area (Å²) in [7, 11) is 0. The van der Waals surface area contributed by atoms with E-state index in [1.165, 1.54) is 0 Å². The fourth-order valence-corrected chi connectivity index (χ4v) is 6.12. The fraction of sp³-hybridized carbons (Fsp3) is 0.419. The van der Waals surface area contributed by atoms with Gasteiger partial charge >= 0.3 is 0 Å². The summed E-state index contributed by atoms with van der Waals surface area (Å²) < 4.78 is 25.6. The van der Waals surface area contributed by atoms with Crippen molar-refractivity contribution < 1.29 is 23.9 Å². The van der Waals surface area contributed by atoms with Gasteiger partial charge in [-0.3, -0.25) is 15.0 Å². The van der Waals surface area contributed by atoms with Gasteiger partial charge in [0.2, 0.25) is 0 Å². The minimum absolute atomic E-state index is 0.225. The van der Waals surface area contributed by atoms with Crippen molar-refractivity contribution >= 4 is 11.8 Å². The first-order chi connectivity index (χ1) is 19.7. The first-order valence-corrected chi connectivity index (χ1v) is 14.9. The molecule has 0 bridgehead atoms. The SMILES string of the molecule is O=[N+]([O-])[C@@H]1[C@@H](OCc2ccccc2)[C@@H](OCc2ccccc2)[C@@H](COCc2ccccc2)O[C@H]1N1CCSCC1. The Balaban J connectivity index is 1.42. The quantitative estimate of drug-likeness (QED) is 0.229. The van der Waals surface area contributed by atoms with Crippen LogP contribution in [0.5, 0.6) is 0 Å². The number of ether oxygens (including phenoxy) is 4. The lowest BCUT2D eigenvalue weighted by Crippen LogP contribution is -2.67. The summed E-state index contributed by atoms with van der Waals surface area (Å²) in [4.78, 5) is 14.5. The van der Waals surface area contributed by atoms with Crippen LogP contribution in [0.25, 0.3) is 0 Å². The van der Waals surface area contributed by atoms with Crippen LogP contribution in [0.4, 0.5) is 0 Å². The summed E-state index contributed by atoms with van der Waals surface area (Å²) in [6.07, 6.45) is -2.83. The van der Waals surface area contributed by atoms with Crippen LogP contribution >= 0.6 is 11.8 Å². The monoisotopic (exact) mass is 564 g/mol. The summed E-state index contributed by atoms with van der Waals surface area (Å²) in [5, 5.41) is 12.7. The molecule has 9 heteroatoms. The molecule has 40 heavy (non-hydrogen) atoms. The Hall–Kier alpha value is -2.79. The lowest BCUT2D eigenvalue weighted by molar-refractivity contribution is -0.569. The third-order valence-corrected chi connectivity index (χ3v) is 8.19. The first-order valence-electron chi connectivity index (χ1n) is 13.7. The van der Waals surface area contributed by atoms with Gasteiger partial charge in [0, 0.05) is 29.5 Å². The van der Waals surface area contributed by atoms with E-state index in [1.54, 1.807) is 0 Å². The van der Waals surface area contributed by atoms with Crippen molar-refractivity contribution in [3.05, 3.63) is 118 Å². The molecule has 0 amide bonds. The van der Waals surface area contributed by atoms with Crippen LogP contribution in [-0.2, 0) is 38.8 Å². The predicted molar refractivity (Wildman–Crippen MR) is 154 cm³/mol. The van der Waals surface area contributed by atoms with Gasteiger partial charge in [0.05, 0.1) is 26.4 Å². The van der Waals surface area contributed by atoms with Gasteiger partial charge in [0.1, 0.15) is 12.2 Å². The largest absolute Gasteiger partial charge is 0.374 e. The maximum atomic E-state index is 12.7. The van der Waals surface area contributed by atoms with E-state index < -0.39 is 30.6 Å². The third-order valence-electron chi connectivity index (χ3n) is 7.25. The average molecular weight is 565 g/mol. The molecule has 0 aliphatic carbocycles. The minimum atomic E-state index is -1.11. The van der Waals surface area contributed by atoms with E-state index in [0.717, 1.165) is 41.3 Å². The molecule has 5 rings (SSSR count). The molecule has 2 aliphatic heterocycles. The maximum Gasteiger partial charge on any atom is 0.280 e. The van der Waals surface area contributed by atoms with E-state index in [4.69, 9.17) is 18.9 Å². The highest BCUT2D eigenvalue weighted by Crippen LogP contribution is 2.32. The Labute approximate surface area is 239 Å². The topological polar surface area (TPSA) is 83.3 Å². The van der Waals surface area contributed by atoms with Crippen molar-refractivity contribution in [1.82, 2.24) is 4.90 Å². The molecule has 0 radical (unpaired) electrons. The molecule has 3 aromatic carbocycles. The number of nitro groups is 1. The molecule has 2 heterocycles. The summed E-state index contributed by atoms with van der Waals surface area (Å²) in [6.45, 7) is 2.59. The summed E-state index contributed by atoms with van der Waals surface area (Å²) in [5.74, 6) is 1.81. The maximum absolute atomic E-state index is 12.7. The van der Waals surface area contributed by atoms with Gasteiger partial charge in [0.25, 0.3) is 6.04 Å². The van der Waals surface area contributed by atoms with Gasteiger partial charge in [-0.15, -0.1) is 0 Å². The minimum Gasteiger partial charge on any atom is -0.374 e. The van der Waals surface area contributed by atoms with Crippen LogP contribution in [0.2, 0.25) is 0 Å². The lowest BCUT2D eigenvalue weighted by atomic mass is 9.94. The Kier molecular flexibility index (Phi) is 10.6. The smallest absolute Gasteiger partial charge is 0.280 e. The molecule has 0 saturated carbocycles. The summed E-state index contributed by atoms with van der Waals surface area (Å²) in [6, 6.07) is 28.3. The van der Waals surface area contributed by atoms with Gasteiger partial charge in [-0.2, -0.15) is 11.8 Å². The van der Waals surface area contributed by atoms with Crippen LogP contribution in [0.15, 0.2) is 91.0 Å². The number of thioether (sulfide) groups is 1. The molecule has 3 aromatic rings. The van der Waals surface area contributed by atoms with Crippen LogP contribution in [0, 0.1) is 10.1 Å². The molecule has 2 fully saturated rings. The highest BCUT2D eigenvalue weighted by molar-refractivity contribution is 7.99. The van der Waals surface area contributed by atoms with E-state index in [1.807, 2.05) is 103 Å². The zero-order valence-electron chi connectivity index (χ0n) is 22.5. The van der Waals surface area contributed by atoms with Crippen LogP contribution in [-0.4, -0.2) is 71.6 Å². The van der Waals surface area contributed by atoms with Crippen molar-refractivity contribution in [2.45, 2.75) is 50.4 Å². The van der Waals surface area contributed by atoms with Gasteiger partial charge in [0.15, 0.2) is 12.3 Å². The van der Waals surface area contributed by atoms with Crippen LogP contribution in [0.1, 0.15) is 16.7 Å². The number of hydrogen-bond donors (Lipinski definition) is 0. The number of hydrogen-bond acceptors (Lipinski definition) is 8. The molecule has 2 aliphatic rings. The predicted octanol–water partition coefficient (Wildman–Crippen LogP) is 4.79. The van der Waals surface area contributed by atoms with E-state index in [9.17, 15) is 10.1 Å². The van der Waals surface area contributed by atoms with Crippen molar-refractivity contribution in [3.63, 3.8) is 0 Å². The molecule has 5 atom stereocenters.